The van der Waals surface area contributed by atoms with Crippen molar-refractivity contribution in [3.8, 4) is 0 Å². The second-order valence-electron chi connectivity index (χ2n) is 6.92. The second kappa shape index (κ2) is 4.67. The first-order valence-corrected chi connectivity index (χ1v) is 8.55. The molecular formula is C19H20BrNO. The number of likely N-dealkylation sites (tertiary alicyclic amines) is 1. The van der Waals surface area contributed by atoms with Crippen molar-refractivity contribution in [2.75, 3.05) is 6.54 Å². The summed E-state index contributed by atoms with van der Waals surface area (Å²) in [6, 6.07) is 20.5. The molecule has 114 valence electrons. The van der Waals surface area contributed by atoms with Gasteiger partial charge in [-0.15, -0.1) is 0 Å². The van der Waals surface area contributed by atoms with E-state index in [2.05, 4.69) is 52.0 Å². The average molecular weight is 358 g/mol. The molecule has 2 nitrogen and oxygen atoms in total. The Kier molecular flexibility index (Phi) is 3.06. The van der Waals surface area contributed by atoms with Crippen molar-refractivity contribution >= 4 is 15.9 Å². The third kappa shape index (κ3) is 1.79. The molecule has 2 aliphatic rings. The molecule has 3 atom stereocenters. The molecule has 4 rings (SSSR count). The molecule has 3 heteroatoms. The van der Waals surface area contributed by atoms with Crippen LogP contribution in [0.4, 0.5) is 0 Å². The van der Waals surface area contributed by atoms with Crippen LogP contribution in [0.3, 0.4) is 0 Å². The van der Waals surface area contributed by atoms with Crippen LogP contribution in [0, 0.1) is 5.41 Å². The summed E-state index contributed by atoms with van der Waals surface area (Å²) in [5.41, 5.74) is 1.38. The fourth-order valence-corrected chi connectivity index (χ4v) is 5.28. The Morgan fingerprint density at radius 2 is 1.64 bits per heavy atom. The molecule has 0 amide bonds. The zero-order valence-electron chi connectivity index (χ0n) is 12.7. The molecule has 1 saturated carbocycles. The predicted octanol–water partition coefficient (Wildman–Crippen LogP) is 3.89. The first kappa shape index (κ1) is 14.4. The van der Waals surface area contributed by atoms with Crippen molar-refractivity contribution in [1.82, 2.24) is 4.90 Å². The summed E-state index contributed by atoms with van der Waals surface area (Å²) in [6.07, 6.45) is 1.01. The number of piperidine rings is 1. The Balaban J connectivity index is 1.75. The SMILES string of the molecule is C[C@@]12CN(Cc3ccccc3)[C@](O)(c3ccccc3)[C@]1(Br)C2. The fraction of sp³-hybridized carbons (Fsp3) is 0.368. The lowest BCUT2D eigenvalue weighted by molar-refractivity contribution is -0.104. The smallest absolute Gasteiger partial charge is 0.160 e. The van der Waals surface area contributed by atoms with E-state index in [4.69, 9.17) is 0 Å². The molecule has 2 aromatic carbocycles. The molecule has 0 unspecified atom stereocenters. The number of halogens is 1. The molecule has 2 aromatic rings. The molecule has 0 bridgehead atoms. The van der Waals surface area contributed by atoms with Gasteiger partial charge in [0.15, 0.2) is 5.72 Å². The van der Waals surface area contributed by atoms with Gasteiger partial charge in [-0.05, 0) is 17.5 Å². The second-order valence-corrected chi connectivity index (χ2v) is 8.27. The first-order valence-electron chi connectivity index (χ1n) is 7.75. The van der Waals surface area contributed by atoms with Crippen LogP contribution in [0.1, 0.15) is 24.5 Å². The number of alkyl halides is 1. The van der Waals surface area contributed by atoms with Gasteiger partial charge in [0.2, 0.25) is 0 Å². The summed E-state index contributed by atoms with van der Waals surface area (Å²) in [7, 11) is 0. The number of fused-ring (bicyclic) bond motifs is 1. The van der Waals surface area contributed by atoms with Crippen molar-refractivity contribution in [2.24, 2.45) is 5.41 Å². The van der Waals surface area contributed by atoms with Crippen LogP contribution in [0.25, 0.3) is 0 Å². The largest absolute Gasteiger partial charge is 0.370 e. The lowest BCUT2D eigenvalue weighted by Gasteiger charge is -2.39. The van der Waals surface area contributed by atoms with Crippen LogP contribution >= 0.6 is 15.9 Å². The summed E-state index contributed by atoms with van der Waals surface area (Å²) < 4.78 is -0.247. The number of benzene rings is 2. The third-order valence-electron chi connectivity index (χ3n) is 5.41. The summed E-state index contributed by atoms with van der Waals surface area (Å²) in [6.45, 7) is 3.92. The highest BCUT2D eigenvalue weighted by atomic mass is 79.9. The minimum absolute atomic E-state index is 0.131. The maximum atomic E-state index is 11.7. The molecular weight excluding hydrogens is 338 g/mol. The Morgan fingerprint density at radius 3 is 2.27 bits per heavy atom. The van der Waals surface area contributed by atoms with Crippen molar-refractivity contribution in [2.45, 2.75) is 29.9 Å². The van der Waals surface area contributed by atoms with Gasteiger partial charge in [0.05, 0.1) is 4.32 Å². The fourth-order valence-electron chi connectivity index (χ4n) is 4.06. The maximum absolute atomic E-state index is 11.7. The van der Waals surface area contributed by atoms with Crippen LogP contribution in [0.5, 0.6) is 0 Å². The summed E-state index contributed by atoms with van der Waals surface area (Å²) >= 11 is 3.89. The van der Waals surface area contributed by atoms with E-state index in [1.54, 1.807) is 0 Å². The van der Waals surface area contributed by atoms with Gasteiger partial charge in [0.1, 0.15) is 0 Å². The van der Waals surface area contributed by atoms with Gasteiger partial charge < -0.3 is 5.11 Å². The van der Waals surface area contributed by atoms with Crippen LogP contribution in [0.15, 0.2) is 60.7 Å². The van der Waals surface area contributed by atoms with Gasteiger partial charge in [0.25, 0.3) is 0 Å². The number of rotatable bonds is 3. The van der Waals surface area contributed by atoms with E-state index in [0.717, 1.165) is 25.1 Å². The molecule has 1 heterocycles. The van der Waals surface area contributed by atoms with Gasteiger partial charge in [-0.25, -0.2) is 0 Å². The lowest BCUT2D eigenvalue weighted by atomic mass is 9.95. The molecule has 1 aliphatic carbocycles. The summed E-state index contributed by atoms with van der Waals surface area (Å²) in [5.74, 6) is 0. The third-order valence-corrected chi connectivity index (χ3v) is 7.20. The number of hydrogen-bond acceptors (Lipinski definition) is 2. The standard InChI is InChI=1S/C19H20BrNO/c1-17-13-18(17,20)19(22,16-10-6-3-7-11-16)21(14-17)12-15-8-4-2-5-9-15/h2-11,22H,12-14H2,1H3/t17-,18+,19+/m1/s1. The zero-order valence-corrected chi connectivity index (χ0v) is 14.3. The van der Waals surface area contributed by atoms with Gasteiger partial charge in [-0.1, -0.05) is 83.5 Å². The molecule has 1 saturated heterocycles. The van der Waals surface area contributed by atoms with Crippen molar-refractivity contribution in [3.05, 3.63) is 71.8 Å². The van der Waals surface area contributed by atoms with Crippen LogP contribution in [-0.2, 0) is 12.3 Å². The quantitative estimate of drug-likeness (QED) is 0.842. The molecule has 1 aliphatic heterocycles. The van der Waals surface area contributed by atoms with Gasteiger partial charge in [-0.3, -0.25) is 4.90 Å². The average Bonchev–Trinajstić information content (AvgIpc) is 3.05. The zero-order chi connectivity index (χ0) is 15.4. The normalized spacial score (nSPS) is 37.0. The lowest BCUT2D eigenvalue weighted by Crippen LogP contribution is -2.49. The van der Waals surface area contributed by atoms with E-state index in [0.29, 0.717) is 0 Å². The van der Waals surface area contributed by atoms with E-state index in [-0.39, 0.29) is 9.74 Å². The van der Waals surface area contributed by atoms with Crippen molar-refractivity contribution < 1.29 is 5.11 Å². The Hall–Kier alpha value is -1.16. The summed E-state index contributed by atoms with van der Waals surface area (Å²) in [4.78, 5) is 2.22. The molecule has 0 spiro atoms. The Morgan fingerprint density at radius 1 is 1.05 bits per heavy atom. The monoisotopic (exact) mass is 357 g/mol. The highest BCUT2D eigenvalue weighted by Crippen LogP contribution is 2.75. The number of nitrogens with zero attached hydrogens (tertiary/aromatic N) is 1. The highest BCUT2D eigenvalue weighted by molar-refractivity contribution is 9.10. The van der Waals surface area contributed by atoms with E-state index in [1.807, 2.05) is 36.4 Å². The Bertz CT molecular complexity index is 691. The summed E-state index contributed by atoms with van der Waals surface area (Å²) in [5, 5.41) is 11.7. The minimum Gasteiger partial charge on any atom is -0.370 e. The van der Waals surface area contributed by atoms with Crippen molar-refractivity contribution in [3.63, 3.8) is 0 Å². The highest BCUT2D eigenvalue weighted by Gasteiger charge is 2.80. The first-order chi connectivity index (χ1) is 10.5. The van der Waals surface area contributed by atoms with Gasteiger partial charge >= 0.3 is 0 Å². The molecule has 1 N–H and O–H groups in total. The molecule has 0 radical (unpaired) electrons. The number of aliphatic hydroxyl groups is 1. The van der Waals surface area contributed by atoms with E-state index in [9.17, 15) is 5.11 Å². The molecule has 0 aromatic heterocycles. The van der Waals surface area contributed by atoms with Gasteiger partial charge in [-0.2, -0.15) is 0 Å². The van der Waals surface area contributed by atoms with Crippen LogP contribution < -0.4 is 0 Å². The van der Waals surface area contributed by atoms with Crippen LogP contribution in [0.2, 0.25) is 0 Å². The maximum Gasteiger partial charge on any atom is 0.160 e. The minimum atomic E-state index is -0.959. The van der Waals surface area contributed by atoms with Crippen LogP contribution in [-0.4, -0.2) is 20.9 Å². The molecule has 22 heavy (non-hydrogen) atoms. The predicted molar refractivity (Wildman–Crippen MR) is 91.6 cm³/mol. The van der Waals surface area contributed by atoms with E-state index < -0.39 is 5.72 Å². The Labute approximate surface area is 139 Å². The van der Waals surface area contributed by atoms with E-state index in [1.165, 1.54) is 5.56 Å². The van der Waals surface area contributed by atoms with E-state index >= 15 is 0 Å². The molecule has 2 fully saturated rings. The van der Waals surface area contributed by atoms with Gasteiger partial charge in [0, 0.05) is 18.5 Å². The topological polar surface area (TPSA) is 23.5 Å². The number of hydrogen-bond donors (Lipinski definition) is 1. The van der Waals surface area contributed by atoms with Crippen molar-refractivity contribution in [1.29, 1.82) is 0 Å².